The lowest BCUT2D eigenvalue weighted by Gasteiger charge is -2.46. The van der Waals surface area contributed by atoms with Gasteiger partial charge in [-0.3, -0.25) is 0 Å². The van der Waals surface area contributed by atoms with Gasteiger partial charge in [-0.1, -0.05) is 26.0 Å². The summed E-state index contributed by atoms with van der Waals surface area (Å²) in [5.74, 6) is 1.08. The van der Waals surface area contributed by atoms with Crippen LogP contribution in [0.4, 0.5) is 4.39 Å². The third kappa shape index (κ3) is 6.77. The molecule has 0 amide bonds. The van der Waals surface area contributed by atoms with E-state index >= 15 is 0 Å². The van der Waals surface area contributed by atoms with Crippen molar-refractivity contribution in [3.8, 4) is 11.5 Å². The summed E-state index contributed by atoms with van der Waals surface area (Å²) >= 11 is 0. The van der Waals surface area contributed by atoms with Crippen LogP contribution in [0.25, 0.3) is 0 Å². The van der Waals surface area contributed by atoms with Crippen LogP contribution in [0.3, 0.4) is 0 Å². The summed E-state index contributed by atoms with van der Waals surface area (Å²) in [6, 6.07) is 11.0. The number of hydrogen-bond acceptors (Lipinski definition) is 6. The van der Waals surface area contributed by atoms with Gasteiger partial charge in [-0.05, 0) is 85.6 Å². The zero-order chi connectivity index (χ0) is 26.1. The van der Waals surface area contributed by atoms with E-state index in [0.29, 0.717) is 25.8 Å². The Hall–Kier alpha value is -2.64. The molecule has 198 valence electrons. The average Bonchev–Trinajstić information content (AvgIpc) is 2.85. The molecule has 0 bridgehead atoms. The average molecular weight is 502 g/mol. The third-order valence-electron chi connectivity index (χ3n) is 7.06. The van der Waals surface area contributed by atoms with Gasteiger partial charge in [0.15, 0.2) is 11.5 Å². The maximum Gasteiger partial charge on any atom is 0.332 e. The number of esters is 1. The van der Waals surface area contributed by atoms with Crippen molar-refractivity contribution in [3.05, 3.63) is 58.9 Å². The number of carbonyl (C=O) groups excluding carboxylic acids is 1. The van der Waals surface area contributed by atoms with Crippen molar-refractivity contribution in [2.45, 2.75) is 57.5 Å². The highest BCUT2D eigenvalue weighted by Crippen LogP contribution is 2.48. The summed E-state index contributed by atoms with van der Waals surface area (Å²) in [6.07, 6.45) is 3.89. The predicted octanol–water partition coefficient (Wildman–Crippen LogP) is 5.07. The van der Waals surface area contributed by atoms with Crippen molar-refractivity contribution in [1.29, 1.82) is 0 Å². The molecule has 1 aliphatic carbocycles. The summed E-state index contributed by atoms with van der Waals surface area (Å²) in [7, 11) is 4.77. The number of benzene rings is 2. The van der Waals surface area contributed by atoms with Crippen LogP contribution in [0, 0.1) is 11.7 Å². The van der Waals surface area contributed by atoms with E-state index in [0.717, 1.165) is 42.0 Å². The number of carbonyl (C=O) groups is 1. The van der Waals surface area contributed by atoms with Crippen LogP contribution in [0.1, 0.15) is 55.7 Å². The standard InChI is InChI=1S/C29H40FNO5/c1-20(2)28-24-10-9-23(30)18-22(24)12-13-29(28,36-27(32)19-33-3)14-16-31-15-6-7-21-8-11-25(34-4)26(17-21)35-5/h8-11,17-18,20,28,31H,6-7,12-16,19H2,1-5H3/t28-,29-/m0/s1. The lowest BCUT2D eigenvalue weighted by atomic mass is 9.65. The molecule has 0 spiro atoms. The first-order valence-electron chi connectivity index (χ1n) is 12.7. The van der Waals surface area contributed by atoms with Gasteiger partial charge in [-0.15, -0.1) is 0 Å². The molecular formula is C29H40FNO5. The van der Waals surface area contributed by atoms with Gasteiger partial charge in [0.05, 0.1) is 14.2 Å². The molecular weight excluding hydrogens is 461 g/mol. The van der Waals surface area contributed by atoms with Gasteiger partial charge in [0.2, 0.25) is 0 Å². The Bertz CT molecular complexity index is 1010. The quantitative estimate of drug-likeness (QED) is 0.305. The van der Waals surface area contributed by atoms with Gasteiger partial charge >= 0.3 is 5.97 Å². The van der Waals surface area contributed by atoms with Gasteiger partial charge in [0, 0.05) is 19.4 Å². The van der Waals surface area contributed by atoms with Gasteiger partial charge in [-0.25, -0.2) is 9.18 Å². The molecule has 0 saturated carbocycles. The summed E-state index contributed by atoms with van der Waals surface area (Å²) < 4.78 is 35.9. The molecule has 0 unspecified atom stereocenters. The molecule has 0 aliphatic heterocycles. The van der Waals surface area contributed by atoms with Crippen LogP contribution in [-0.4, -0.2) is 52.6 Å². The van der Waals surface area contributed by atoms with Crippen molar-refractivity contribution in [2.75, 3.05) is 41.0 Å². The fraction of sp³-hybridized carbons (Fsp3) is 0.552. The molecule has 7 heteroatoms. The normalized spacial score (nSPS) is 19.1. The number of methoxy groups -OCH3 is 3. The minimum Gasteiger partial charge on any atom is -0.493 e. The highest BCUT2D eigenvalue weighted by Gasteiger charge is 2.47. The van der Waals surface area contributed by atoms with E-state index < -0.39 is 5.60 Å². The molecule has 0 heterocycles. The Morgan fingerprint density at radius 1 is 1.08 bits per heavy atom. The van der Waals surface area contributed by atoms with Crippen LogP contribution in [0.15, 0.2) is 36.4 Å². The fourth-order valence-electron chi connectivity index (χ4n) is 5.54. The van der Waals surface area contributed by atoms with E-state index in [1.54, 1.807) is 20.3 Å². The first-order valence-corrected chi connectivity index (χ1v) is 12.7. The number of halogens is 1. The highest BCUT2D eigenvalue weighted by atomic mass is 19.1. The van der Waals surface area contributed by atoms with Crippen molar-refractivity contribution in [3.63, 3.8) is 0 Å². The van der Waals surface area contributed by atoms with Crippen LogP contribution >= 0.6 is 0 Å². The zero-order valence-electron chi connectivity index (χ0n) is 22.2. The zero-order valence-corrected chi connectivity index (χ0v) is 22.2. The molecule has 0 radical (unpaired) electrons. The van der Waals surface area contributed by atoms with Crippen LogP contribution in [-0.2, 0) is 27.1 Å². The van der Waals surface area contributed by atoms with Crippen molar-refractivity contribution < 1.29 is 28.1 Å². The predicted molar refractivity (Wildman–Crippen MR) is 138 cm³/mol. The van der Waals surface area contributed by atoms with E-state index in [4.69, 9.17) is 18.9 Å². The Kier molecular flexibility index (Phi) is 10.1. The molecule has 0 aromatic heterocycles. The second kappa shape index (κ2) is 13.1. The largest absolute Gasteiger partial charge is 0.493 e. The van der Waals surface area contributed by atoms with E-state index in [-0.39, 0.29) is 30.2 Å². The number of hydrogen-bond donors (Lipinski definition) is 1. The molecule has 1 N–H and O–H groups in total. The number of nitrogens with one attached hydrogen (secondary N) is 1. The van der Waals surface area contributed by atoms with Crippen LogP contribution < -0.4 is 14.8 Å². The summed E-state index contributed by atoms with van der Waals surface area (Å²) in [4.78, 5) is 12.6. The molecule has 2 aromatic rings. The van der Waals surface area contributed by atoms with E-state index in [1.165, 1.54) is 18.7 Å². The van der Waals surface area contributed by atoms with Gasteiger partial charge in [-0.2, -0.15) is 0 Å². The summed E-state index contributed by atoms with van der Waals surface area (Å²) in [5, 5.41) is 3.54. The number of fused-ring (bicyclic) bond motifs is 1. The smallest absolute Gasteiger partial charge is 0.332 e. The molecule has 2 aromatic carbocycles. The summed E-state index contributed by atoms with van der Waals surface area (Å²) in [6.45, 7) is 5.75. The van der Waals surface area contributed by atoms with Crippen molar-refractivity contribution in [2.24, 2.45) is 5.92 Å². The third-order valence-corrected chi connectivity index (χ3v) is 7.06. The maximum absolute atomic E-state index is 13.9. The first-order chi connectivity index (χ1) is 17.3. The molecule has 6 nitrogen and oxygen atoms in total. The van der Waals surface area contributed by atoms with Crippen molar-refractivity contribution >= 4 is 5.97 Å². The van der Waals surface area contributed by atoms with Crippen LogP contribution in [0.2, 0.25) is 0 Å². The topological polar surface area (TPSA) is 66.0 Å². The van der Waals surface area contributed by atoms with Gasteiger partial charge in [0.25, 0.3) is 0 Å². The van der Waals surface area contributed by atoms with E-state index in [1.807, 2.05) is 18.2 Å². The number of ether oxygens (including phenoxy) is 4. The van der Waals surface area contributed by atoms with E-state index in [2.05, 4.69) is 25.2 Å². The second-order valence-electron chi connectivity index (χ2n) is 9.83. The fourth-order valence-corrected chi connectivity index (χ4v) is 5.54. The molecule has 36 heavy (non-hydrogen) atoms. The minimum absolute atomic E-state index is 0.0174. The Balaban J connectivity index is 1.65. The minimum atomic E-state index is -0.662. The molecule has 0 fully saturated rings. The monoisotopic (exact) mass is 501 g/mol. The Labute approximate surface area is 214 Å². The molecule has 2 atom stereocenters. The molecule has 0 saturated heterocycles. The SMILES string of the molecule is COCC(=O)O[C@]1(CCNCCCc2ccc(OC)c(OC)c2)CCc2cc(F)ccc2[C@@H]1C(C)C. The lowest BCUT2D eigenvalue weighted by molar-refractivity contribution is -0.171. The van der Waals surface area contributed by atoms with Crippen LogP contribution in [0.5, 0.6) is 11.5 Å². The van der Waals surface area contributed by atoms with Gasteiger partial charge < -0.3 is 24.3 Å². The second-order valence-corrected chi connectivity index (χ2v) is 9.83. The number of aryl methyl sites for hydroxylation is 2. The Morgan fingerprint density at radius 2 is 1.86 bits per heavy atom. The number of rotatable bonds is 13. The Morgan fingerprint density at radius 3 is 2.56 bits per heavy atom. The first kappa shape index (κ1) is 27.9. The summed E-state index contributed by atoms with van der Waals surface area (Å²) in [5.41, 5.74) is 2.62. The van der Waals surface area contributed by atoms with Crippen molar-refractivity contribution in [1.82, 2.24) is 5.32 Å². The van der Waals surface area contributed by atoms with E-state index in [9.17, 15) is 9.18 Å². The molecule has 1 aliphatic rings. The molecule has 3 rings (SSSR count). The van der Waals surface area contributed by atoms with Gasteiger partial charge in [0.1, 0.15) is 18.0 Å². The lowest BCUT2D eigenvalue weighted by Crippen LogP contribution is -2.49. The maximum atomic E-state index is 13.9. The highest BCUT2D eigenvalue weighted by molar-refractivity contribution is 5.71.